The predicted molar refractivity (Wildman–Crippen MR) is 89.2 cm³/mol. The van der Waals surface area contributed by atoms with Crippen LogP contribution in [0, 0.1) is 11.8 Å². The Morgan fingerprint density at radius 1 is 1.20 bits per heavy atom. The molecule has 0 amide bonds. The van der Waals surface area contributed by atoms with Gasteiger partial charge in [-0.2, -0.15) is 0 Å². The molecule has 1 aromatic rings. The van der Waals surface area contributed by atoms with E-state index in [1.807, 2.05) is 7.05 Å². The van der Waals surface area contributed by atoms with Gasteiger partial charge in [-0.3, -0.25) is 0 Å². The van der Waals surface area contributed by atoms with Gasteiger partial charge in [0.25, 0.3) is 0 Å². The average Bonchev–Trinajstić information content (AvgIpc) is 2.49. The summed E-state index contributed by atoms with van der Waals surface area (Å²) in [6.07, 6.45) is 7.22. The van der Waals surface area contributed by atoms with Gasteiger partial charge in [0, 0.05) is 29.8 Å². The van der Waals surface area contributed by atoms with Gasteiger partial charge in [0.15, 0.2) is 0 Å². The first-order chi connectivity index (χ1) is 9.78. The zero-order chi connectivity index (χ0) is 13.9. The first kappa shape index (κ1) is 14.4. The summed E-state index contributed by atoms with van der Waals surface area (Å²) in [6, 6.07) is 6.85. The second-order valence-corrected chi connectivity index (χ2v) is 7.20. The third kappa shape index (κ3) is 3.04. The molecule has 110 valence electrons. The number of nitrogens with zero attached hydrogens (tertiary/aromatic N) is 1. The summed E-state index contributed by atoms with van der Waals surface area (Å²) in [5, 5.41) is 3.22. The standard InChI is InChI=1S/C17H25BrN2/c1-19-11-14-6-7-16(10-17(14)18)20-9-8-13-4-2-3-5-15(13)12-20/h6-7,10,13,15,19H,2-5,8-9,11-12H2,1H3. The number of hydrogen-bond acceptors (Lipinski definition) is 2. The van der Waals surface area contributed by atoms with Crippen LogP contribution in [0.4, 0.5) is 5.69 Å². The third-order valence-corrected chi connectivity index (χ3v) is 5.80. The van der Waals surface area contributed by atoms with Gasteiger partial charge in [0.2, 0.25) is 0 Å². The van der Waals surface area contributed by atoms with Gasteiger partial charge in [0.1, 0.15) is 0 Å². The van der Waals surface area contributed by atoms with E-state index < -0.39 is 0 Å². The molecular formula is C17H25BrN2. The van der Waals surface area contributed by atoms with Gasteiger partial charge < -0.3 is 10.2 Å². The van der Waals surface area contributed by atoms with E-state index in [0.29, 0.717) is 0 Å². The Morgan fingerprint density at radius 3 is 2.75 bits per heavy atom. The zero-order valence-electron chi connectivity index (χ0n) is 12.4. The van der Waals surface area contributed by atoms with Crippen molar-refractivity contribution < 1.29 is 0 Å². The molecule has 1 saturated heterocycles. The number of benzene rings is 1. The van der Waals surface area contributed by atoms with Crippen molar-refractivity contribution in [1.82, 2.24) is 5.32 Å². The van der Waals surface area contributed by atoms with Crippen LogP contribution >= 0.6 is 15.9 Å². The monoisotopic (exact) mass is 336 g/mol. The van der Waals surface area contributed by atoms with E-state index in [0.717, 1.165) is 18.4 Å². The molecule has 2 fully saturated rings. The summed E-state index contributed by atoms with van der Waals surface area (Å²) < 4.78 is 1.23. The molecule has 0 bridgehead atoms. The van der Waals surface area contributed by atoms with Crippen LogP contribution in [-0.4, -0.2) is 20.1 Å². The molecule has 1 saturated carbocycles. The largest absolute Gasteiger partial charge is 0.371 e. The van der Waals surface area contributed by atoms with Gasteiger partial charge in [-0.05, 0) is 49.4 Å². The summed E-state index contributed by atoms with van der Waals surface area (Å²) in [7, 11) is 1.99. The smallest absolute Gasteiger partial charge is 0.0377 e. The van der Waals surface area contributed by atoms with Gasteiger partial charge >= 0.3 is 0 Å². The van der Waals surface area contributed by atoms with Crippen LogP contribution < -0.4 is 10.2 Å². The number of halogens is 1. The van der Waals surface area contributed by atoms with Crippen molar-refractivity contribution in [2.24, 2.45) is 11.8 Å². The van der Waals surface area contributed by atoms with E-state index in [9.17, 15) is 0 Å². The van der Waals surface area contributed by atoms with Gasteiger partial charge in [-0.15, -0.1) is 0 Å². The molecule has 1 aliphatic heterocycles. The lowest BCUT2D eigenvalue weighted by Gasteiger charge is -2.42. The number of hydrogen-bond donors (Lipinski definition) is 1. The fourth-order valence-electron chi connectivity index (χ4n) is 3.90. The Hall–Kier alpha value is -0.540. The zero-order valence-corrected chi connectivity index (χ0v) is 14.0. The van der Waals surface area contributed by atoms with Crippen molar-refractivity contribution in [1.29, 1.82) is 0 Å². The van der Waals surface area contributed by atoms with E-state index in [-0.39, 0.29) is 0 Å². The molecule has 0 spiro atoms. The minimum Gasteiger partial charge on any atom is -0.371 e. The number of piperidine rings is 1. The molecule has 1 heterocycles. The van der Waals surface area contributed by atoms with Gasteiger partial charge in [0.05, 0.1) is 0 Å². The van der Waals surface area contributed by atoms with Crippen molar-refractivity contribution in [2.75, 3.05) is 25.0 Å². The van der Waals surface area contributed by atoms with E-state index in [1.165, 1.54) is 60.9 Å². The average molecular weight is 337 g/mol. The Balaban J connectivity index is 1.71. The maximum absolute atomic E-state index is 3.72. The topological polar surface area (TPSA) is 15.3 Å². The Morgan fingerprint density at radius 2 is 2.00 bits per heavy atom. The summed E-state index contributed by atoms with van der Waals surface area (Å²) in [4.78, 5) is 2.60. The van der Waals surface area contributed by atoms with Crippen molar-refractivity contribution in [3.63, 3.8) is 0 Å². The molecule has 3 heteroatoms. The number of nitrogens with one attached hydrogen (secondary N) is 1. The predicted octanol–water partition coefficient (Wildman–Crippen LogP) is 4.19. The van der Waals surface area contributed by atoms with Crippen LogP contribution in [0.3, 0.4) is 0 Å². The summed E-state index contributed by atoms with van der Waals surface area (Å²) in [5.41, 5.74) is 2.73. The summed E-state index contributed by atoms with van der Waals surface area (Å²) in [6.45, 7) is 3.42. The highest BCUT2D eigenvalue weighted by molar-refractivity contribution is 9.10. The van der Waals surface area contributed by atoms with E-state index in [2.05, 4.69) is 44.3 Å². The highest BCUT2D eigenvalue weighted by atomic mass is 79.9. The lowest BCUT2D eigenvalue weighted by atomic mass is 9.75. The third-order valence-electron chi connectivity index (χ3n) is 5.06. The molecule has 0 aromatic heterocycles. The molecule has 2 nitrogen and oxygen atoms in total. The molecule has 2 aliphatic rings. The van der Waals surface area contributed by atoms with E-state index >= 15 is 0 Å². The SMILES string of the molecule is CNCc1ccc(N2CCC3CCCCC3C2)cc1Br. The lowest BCUT2D eigenvalue weighted by molar-refractivity contribution is 0.202. The van der Waals surface area contributed by atoms with Crippen LogP contribution in [0.15, 0.2) is 22.7 Å². The van der Waals surface area contributed by atoms with Crippen molar-refractivity contribution in [3.8, 4) is 0 Å². The Bertz CT molecular complexity index is 460. The highest BCUT2D eigenvalue weighted by Gasteiger charge is 2.31. The molecule has 0 radical (unpaired) electrons. The maximum Gasteiger partial charge on any atom is 0.0377 e. The first-order valence-electron chi connectivity index (χ1n) is 7.96. The van der Waals surface area contributed by atoms with Crippen molar-refractivity contribution in [2.45, 2.75) is 38.6 Å². The van der Waals surface area contributed by atoms with E-state index in [1.54, 1.807) is 0 Å². The molecule has 1 N–H and O–H groups in total. The van der Waals surface area contributed by atoms with Crippen LogP contribution in [0.2, 0.25) is 0 Å². The Labute approximate surface area is 131 Å². The molecule has 2 atom stereocenters. The lowest BCUT2D eigenvalue weighted by Crippen LogP contribution is -2.41. The normalized spacial score (nSPS) is 26.4. The van der Waals surface area contributed by atoms with E-state index in [4.69, 9.17) is 0 Å². The van der Waals surface area contributed by atoms with Crippen molar-refractivity contribution in [3.05, 3.63) is 28.2 Å². The Kier molecular flexibility index (Phi) is 4.67. The number of anilines is 1. The fourth-order valence-corrected chi connectivity index (χ4v) is 4.41. The number of rotatable bonds is 3. The van der Waals surface area contributed by atoms with Gasteiger partial charge in [-0.1, -0.05) is 41.3 Å². The molecule has 1 aliphatic carbocycles. The minimum absolute atomic E-state index is 0.922. The van der Waals surface area contributed by atoms with Gasteiger partial charge in [-0.25, -0.2) is 0 Å². The summed E-state index contributed by atoms with van der Waals surface area (Å²) >= 11 is 3.72. The maximum atomic E-state index is 3.72. The first-order valence-corrected chi connectivity index (χ1v) is 8.75. The van der Waals surface area contributed by atoms with Crippen LogP contribution in [-0.2, 0) is 6.54 Å². The quantitative estimate of drug-likeness (QED) is 0.890. The van der Waals surface area contributed by atoms with Crippen LogP contribution in [0.5, 0.6) is 0 Å². The van der Waals surface area contributed by atoms with Crippen LogP contribution in [0.1, 0.15) is 37.7 Å². The molecule has 2 unspecified atom stereocenters. The molecular weight excluding hydrogens is 312 g/mol. The second kappa shape index (κ2) is 6.48. The van der Waals surface area contributed by atoms with Crippen molar-refractivity contribution >= 4 is 21.6 Å². The second-order valence-electron chi connectivity index (χ2n) is 6.35. The molecule has 3 rings (SSSR count). The van der Waals surface area contributed by atoms with Crippen LogP contribution in [0.25, 0.3) is 0 Å². The summed E-state index contributed by atoms with van der Waals surface area (Å²) in [5.74, 6) is 1.94. The molecule has 20 heavy (non-hydrogen) atoms. The minimum atomic E-state index is 0.922. The number of fused-ring (bicyclic) bond motifs is 1. The fraction of sp³-hybridized carbons (Fsp3) is 0.647. The highest BCUT2D eigenvalue weighted by Crippen LogP contribution is 2.38. The molecule has 1 aromatic carbocycles.